The first-order valence-electron chi connectivity index (χ1n) is 7.16. The van der Waals surface area contributed by atoms with Crippen LogP contribution in [0.3, 0.4) is 0 Å². The number of amides is 2. The van der Waals surface area contributed by atoms with E-state index in [1.165, 1.54) is 0 Å². The minimum absolute atomic E-state index is 0.325. The topological polar surface area (TPSA) is 50.4 Å². The Labute approximate surface area is 145 Å². The van der Waals surface area contributed by atoms with Gasteiger partial charge in [0.2, 0.25) is 0 Å². The summed E-state index contributed by atoms with van der Waals surface area (Å²) in [5.41, 5.74) is 2.73. The molecule has 6 heteroatoms. The number of urea groups is 1. The van der Waals surface area contributed by atoms with Gasteiger partial charge in [-0.25, -0.2) is 4.79 Å². The number of ether oxygens (including phenoxy) is 1. The molecule has 2 rings (SSSR count). The molecule has 0 unspecified atom stereocenters. The van der Waals surface area contributed by atoms with Crippen molar-refractivity contribution < 1.29 is 9.53 Å². The monoisotopic (exact) mass is 352 g/mol. The molecular weight excluding hydrogens is 335 g/mol. The highest BCUT2D eigenvalue weighted by molar-refractivity contribution is 6.42. The van der Waals surface area contributed by atoms with E-state index in [9.17, 15) is 4.79 Å². The van der Waals surface area contributed by atoms with Crippen LogP contribution in [0.2, 0.25) is 10.0 Å². The Bertz CT molecular complexity index is 685. The Morgan fingerprint density at radius 3 is 2.43 bits per heavy atom. The van der Waals surface area contributed by atoms with E-state index in [0.29, 0.717) is 28.9 Å². The lowest BCUT2D eigenvalue weighted by atomic mass is 10.1. The standard InChI is InChI=1S/C17H18Cl2N2O2/c1-11-4-3-5-12(2)16(11)23-9-8-20-17(22)21-13-6-7-14(18)15(19)10-13/h3-7,10H,8-9H2,1-2H3,(H2,20,21,22). The van der Waals surface area contributed by atoms with Crippen molar-refractivity contribution in [1.29, 1.82) is 0 Å². The second kappa shape index (κ2) is 8.09. The van der Waals surface area contributed by atoms with Gasteiger partial charge in [-0.2, -0.15) is 0 Å². The third-order valence-electron chi connectivity index (χ3n) is 3.22. The summed E-state index contributed by atoms with van der Waals surface area (Å²) in [6, 6.07) is 10.6. The molecule has 0 heterocycles. The number of anilines is 1. The predicted octanol–water partition coefficient (Wildman–Crippen LogP) is 4.81. The molecule has 122 valence electrons. The van der Waals surface area contributed by atoms with Gasteiger partial charge >= 0.3 is 6.03 Å². The van der Waals surface area contributed by atoms with E-state index in [0.717, 1.165) is 16.9 Å². The Morgan fingerprint density at radius 1 is 1.09 bits per heavy atom. The van der Waals surface area contributed by atoms with Crippen molar-refractivity contribution >= 4 is 34.9 Å². The fourth-order valence-electron chi connectivity index (χ4n) is 2.09. The molecule has 0 spiro atoms. The molecule has 0 aliphatic heterocycles. The highest BCUT2D eigenvalue weighted by Gasteiger charge is 2.05. The zero-order valence-electron chi connectivity index (χ0n) is 13.0. The van der Waals surface area contributed by atoms with Crippen LogP contribution in [-0.2, 0) is 0 Å². The average molecular weight is 353 g/mol. The van der Waals surface area contributed by atoms with Crippen LogP contribution in [-0.4, -0.2) is 19.2 Å². The van der Waals surface area contributed by atoms with Crippen LogP contribution >= 0.6 is 23.2 Å². The van der Waals surface area contributed by atoms with E-state index in [2.05, 4.69) is 10.6 Å². The molecule has 0 atom stereocenters. The van der Waals surface area contributed by atoms with Crippen LogP contribution in [0.1, 0.15) is 11.1 Å². The second-order valence-corrected chi connectivity index (χ2v) is 5.89. The van der Waals surface area contributed by atoms with E-state index in [1.807, 2.05) is 32.0 Å². The maximum Gasteiger partial charge on any atom is 0.319 e. The normalized spacial score (nSPS) is 10.3. The molecule has 4 nitrogen and oxygen atoms in total. The summed E-state index contributed by atoms with van der Waals surface area (Å²) >= 11 is 11.7. The summed E-state index contributed by atoms with van der Waals surface area (Å²) in [4.78, 5) is 11.8. The lowest BCUT2D eigenvalue weighted by Gasteiger charge is -2.13. The van der Waals surface area contributed by atoms with Crippen molar-refractivity contribution in [3.05, 3.63) is 57.6 Å². The van der Waals surface area contributed by atoms with Gasteiger partial charge in [0, 0.05) is 5.69 Å². The molecular formula is C17H18Cl2N2O2. The Hall–Kier alpha value is -1.91. The van der Waals surface area contributed by atoms with Gasteiger partial charge < -0.3 is 15.4 Å². The minimum atomic E-state index is -0.325. The number of hydrogen-bond acceptors (Lipinski definition) is 2. The van der Waals surface area contributed by atoms with Gasteiger partial charge in [-0.1, -0.05) is 41.4 Å². The summed E-state index contributed by atoms with van der Waals surface area (Å²) in [5, 5.41) is 6.24. The Morgan fingerprint density at radius 2 is 1.78 bits per heavy atom. The van der Waals surface area contributed by atoms with Crippen LogP contribution < -0.4 is 15.4 Å². The summed E-state index contributed by atoms with van der Waals surface area (Å²) in [5.74, 6) is 0.860. The third kappa shape index (κ3) is 5.05. The average Bonchev–Trinajstić information content (AvgIpc) is 2.50. The molecule has 2 amide bonds. The first kappa shape index (κ1) is 17.4. The molecule has 0 aliphatic rings. The van der Waals surface area contributed by atoms with Crippen molar-refractivity contribution in [2.75, 3.05) is 18.5 Å². The van der Waals surface area contributed by atoms with Crippen LogP contribution in [0.4, 0.5) is 10.5 Å². The van der Waals surface area contributed by atoms with Gasteiger partial charge in [0.25, 0.3) is 0 Å². The number of nitrogens with one attached hydrogen (secondary N) is 2. The van der Waals surface area contributed by atoms with E-state index in [-0.39, 0.29) is 6.03 Å². The van der Waals surface area contributed by atoms with E-state index in [4.69, 9.17) is 27.9 Å². The number of aryl methyl sites for hydroxylation is 2. The molecule has 0 fully saturated rings. The SMILES string of the molecule is Cc1cccc(C)c1OCCNC(=O)Nc1ccc(Cl)c(Cl)c1. The summed E-state index contributed by atoms with van der Waals surface area (Å²) in [6.07, 6.45) is 0. The van der Waals surface area contributed by atoms with E-state index >= 15 is 0 Å². The smallest absolute Gasteiger partial charge is 0.319 e. The molecule has 0 radical (unpaired) electrons. The third-order valence-corrected chi connectivity index (χ3v) is 3.96. The van der Waals surface area contributed by atoms with Gasteiger partial charge in [0.15, 0.2) is 0 Å². The van der Waals surface area contributed by atoms with Gasteiger partial charge in [0.1, 0.15) is 12.4 Å². The summed E-state index contributed by atoms with van der Waals surface area (Å²) in [6.45, 7) is 4.76. The highest BCUT2D eigenvalue weighted by Crippen LogP contribution is 2.25. The van der Waals surface area contributed by atoms with Crippen LogP contribution in [0.15, 0.2) is 36.4 Å². The lowest BCUT2D eigenvalue weighted by molar-refractivity contribution is 0.247. The number of hydrogen-bond donors (Lipinski definition) is 2. The summed E-state index contributed by atoms with van der Waals surface area (Å²) in [7, 11) is 0. The fourth-order valence-corrected chi connectivity index (χ4v) is 2.39. The second-order valence-electron chi connectivity index (χ2n) is 5.08. The molecule has 2 aromatic rings. The molecule has 23 heavy (non-hydrogen) atoms. The van der Waals surface area contributed by atoms with Crippen molar-refractivity contribution in [3.63, 3.8) is 0 Å². The zero-order chi connectivity index (χ0) is 16.8. The molecule has 0 saturated heterocycles. The predicted molar refractivity (Wildman–Crippen MR) is 94.9 cm³/mol. The molecule has 0 aromatic heterocycles. The van der Waals surface area contributed by atoms with Gasteiger partial charge in [-0.15, -0.1) is 0 Å². The van der Waals surface area contributed by atoms with Gasteiger partial charge in [-0.05, 0) is 43.2 Å². The number of rotatable bonds is 5. The quantitative estimate of drug-likeness (QED) is 0.758. The summed E-state index contributed by atoms with van der Waals surface area (Å²) < 4.78 is 5.72. The number of halogens is 2. The first-order valence-corrected chi connectivity index (χ1v) is 7.92. The van der Waals surface area contributed by atoms with Crippen molar-refractivity contribution in [2.24, 2.45) is 0 Å². The van der Waals surface area contributed by atoms with Crippen LogP contribution in [0.5, 0.6) is 5.75 Å². The van der Waals surface area contributed by atoms with Gasteiger partial charge in [-0.3, -0.25) is 0 Å². The number of carbonyl (C=O) groups excluding carboxylic acids is 1. The molecule has 2 aromatic carbocycles. The van der Waals surface area contributed by atoms with Crippen molar-refractivity contribution in [3.8, 4) is 5.75 Å². The minimum Gasteiger partial charge on any atom is -0.491 e. The van der Waals surface area contributed by atoms with E-state index in [1.54, 1.807) is 18.2 Å². The Kier molecular flexibility index (Phi) is 6.13. The molecule has 2 N–H and O–H groups in total. The number of carbonyl (C=O) groups is 1. The van der Waals surface area contributed by atoms with Gasteiger partial charge in [0.05, 0.1) is 16.6 Å². The molecule has 0 aliphatic carbocycles. The first-order chi connectivity index (χ1) is 11.0. The zero-order valence-corrected chi connectivity index (χ0v) is 14.5. The Balaban J connectivity index is 1.78. The van der Waals surface area contributed by atoms with Crippen molar-refractivity contribution in [1.82, 2.24) is 5.32 Å². The highest BCUT2D eigenvalue weighted by atomic mass is 35.5. The van der Waals surface area contributed by atoms with E-state index < -0.39 is 0 Å². The maximum absolute atomic E-state index is 11.8. The fraction of sp³-hybridized carbons (Fsp3) is 0.235. The number of para-hydroxylation sites is 1. The lowest BCUT2D eigenvalue weighted by Crippen LogP contribution is -2.32. The van der Waals surface area contributed by atoms with Crippen LogP contribution in [0, 0.1) is 13.8 Å². The molecule has 0 saturated carbocycles. The molecule has 0 bridgehead atoms. The largest absolute Gasteiger partial charge is 0.491 e. The van der Waals surface area contributed by atoms with Crippen LogP contribution in [0.25, 0.3) is 0 Å². The number of benzene rings is 2. The maximum atomic E-state index is 11.8. The van der Waals surface area contributed by atoms with Crippen molar-refractivity contribution in [2.45, 2.75) is 13.8 Å².